The molecule has 2 aliphatic rings. The molecule has 0 aromatic heterocycles. The molecule has 2 N–H and O–H groups in total. The smallest absolute Gasteiger partial charge is 0.328 e. The summed E-state index contributed by atoms with van der Waals surface area (Å²) < 4.78 is 0. The van der Waals surface area contributed by atoms with E-state index in [0.29, 0.717) is 12.2 Å². The van der Waals surface area contributed by atoms with Crippen LogP contribution in [0.4, 0.5) is 0 Å². The number of hydrogen-bond donors (Lipinski definition) is 2. The number of carbonyl (C=O) groups is 2. The van der Waals surface area contributed by atoms with Crippen molar-refractivity contribution in [1.82, 2.24) is 0 Å². The third-order valence-electron chi connectivity index (χ3n) is 3.51. The molecule has 2 aliphatic heterocycles. The van der Waals surface area contributed by atoms with Crippen LogP contribution in [0, 0.1) is 6.92 Å². The molecule has 3 rings (SSSR count). The standard InChI is InChI=1S/C13H12N2.C4H4O4/c1-7-5-4-6-10-11-8(2)9(3)14-13(11)15-12(7)10;5-3(6)1-2-4(7)8/h4-6H,1-3H3;1-2H,(H,5,6)(H,7,8). The SMILES string of the molecule is CC1=C(C)C2=c3cccc(C)c3=NC2=N1.O=C(O)C=CC(=O)O. The summed E-state index contributed by atoms with van der Waals surface area (Å²) >= 11 is 0. The Morgan fingerprint density at radius 2 is 1.61 bits per heavy atom. The minimum absolute atomic E-state index is 0.558. The summed E-state index contributed by atoms with van der Waals surface area (Å²) in [4.78, 5) is 28.2. The average Bonchev–Trinajstić information content (AvgIpc) is 2.96. The van der Waals surface area contributed by atoms with Gasteiger partial charge in [0.15, 0.2) is 5.84 Å². The first-order valence-corrected chi connectivity index (χ1v) is 6.90. The molecule has 0 atom stereocenters. The van der Waals surface area contributed by atoms with E-state index in [-0.39, 0.29) is 0 Å². The Morgan fingerprint density at radius 1 is 1.00 bits per heavy atom. The number of aliphatic imine (C=N–C) groups is 1. The van der Waals surface area contributed by atoms with Crippen molar-refractivity contribution >= 4 is 23.3 Å². The van der Waals surface area contributed by atoms with Gasteiger partial charge in [-0.25, -0.2) is 19.6 Å². The molecule has 1 aromatic rings. The molecule has 0 spiro atoms. The molecule has 0 bridgehead atoms. The van der Waals surface area contributed by atoms with Gasteiger partial charge in [-0.3, -0.25) is 0 Å². The van der Waals surface area contributed by atoms with Crippen LogP contribution < -0.4 is 10.6 Å². The first kappa shape index (κ1) is 16.4. The lowest BCUT2D eigenvalue weighted by atomic mass is 10.0. The number of rotatable bonds is 2. The maximum Gasteiger partial charge on any atom is 0.328 e. The summed E-state index contributed by atoms with van der Waals surface area (Å²) in [6.45, 7) is 6.25. The van der Waals surface area contributed by atoms with E-state index >= 15 is 0 Å². The number of carboxylic acids is 2. The van der Waals surface area contributed by atoms with Crippen molar-refractivity contribution in [3.8, 4) is 0 Å². The Morgan fingerprint density at radius 3 is 2.17 bits per heavy atom. The highest BCUT2D eigenvalue weighted by molar-refractivity contribution is 6.26. The predicted octanol–water partition coefficient (Wildman–Crippen LogP) is 1.20. The second kappa shape index (κ2) is 6.39. The van der Waals surface area contributed by atoms with Crippen molar-refractivity contribution in [3.05, 3.63) is 57.8 Å². The van der Waals surface area contributed by atoms with E-state index in [1.54, 1.807) is 0 Å². The van der Waals surface area contributed by atoms with Crippen molar-refractivity contribution in [1.29, 1.82) is 0 Å². The fraction of sp³-hybridized carbons (Fsp3) is 0.176. The number of fused-ring (bicyclic) bond motifs is 2. The van der Waals surface area contributed by atoms with E-state index in [4.69, 9.17) is 10.2 Å². The number of allylic oxidation sites excluding steroid dienone is 1. The average molecular weight is 312 g/mol. The third kappa shape index (κ3) is 3.42. The molecule has 118 valence electrons. The Kier molecular flexibility index (Phi) is 4.55. The largest absolute Gasteiger partial charge is 0.478 e. The molecule has 0 amide bonds. The minimum atomic E-state index is -1.26. The Labute approximate surface area is 132 Å². The van der Waals surface area contributed by atoms with E-state index in [9.17, 15) is 9.59 Å². The molecule has 0 radical (unpaired) electrons. The highest BCUT2D eigenvalue weighted by Crippen LogP contribution is 2.26. The van der Waals surface area contributed by atoms with Gasteiger partial charge in [-0.15, -0.1) is 0 Å². The Balaban J connectivity index is 0.000000207. The lowest BCUT2D eigenvalue weighted by Gasteiger charge is -1.95. The van der Waals surface area contributed by atoms with Crippen molar-refractivity contribution in [2.45, 2.75) is 20.8 Å². The molecular weight excluding hydrogens is 296 g/mol. The van der Waals surface area contributed by atoms with E-state index in [0.717, 1.165) is 16.9 Å². The summed E-state index contributed by atoms with van der Waals surface area (Å²) in [5.41, 5.74) is 4.81. The van der Waals surface area contributed by atoms with E-state index < -0.39 is 11.9 Å². The molecule has 0 saturated heterocycles. The van der Waals surface area contributed by atoms with Crippen LogP contribution in [0.2, 0.25) is 0 Å². The molecule has 6 nitrogen and oxygen atoms in total. The number of benzene rings is 1. The Bertz CT molecular complexity index is 889. The molecule has 0 unspecified atom stereocenters. The fourth-order valence-corrected chi connectivity index (χ4v) is 2.31. The number of hydrogen-bond acceptors (Lipinski definition) is 4. The highest BCUT2D eigenvalue weighted by Gasteiger charge is 2.22. The molecule has 0 fully saturated rings. The monoisotopic (exact) mass is 312 g/mol. The lowest BCUT2D eigenvalue weighted by Crippen LogP contribution is -2.25. The number of carboxylic acid groups (broad SMARTS) is 2. The molecule has 2 heterocycles. The fourth-order valence-electron chi connectivity index (χ4n) is 2.31. The van der Waals surface area contributed by atoms with Crippen LogP contribution in [0.25, 0.3) is 5.57 Å². The summed E-state index contributed by atoms with van der Waals surface area (Å²) in [5, 5.41) is 18.0. The summed E-state index contributed by atoms with van der Waals surface area (Å²) in [6, 6.07) is 6.31. The van der Waals surface area contributed by atoms with Crippen LogP contribution in [-0.4, -0.2) is 28.0 Å². The van der Waals surface area contributed by atoms with Gasteiger partial charge in [-0.05, 0) is 31.9 Å². The summed E-state index contributed by atoms with van der Waals surface area (Å²) in [5.74, 6) is -1.62. The van der Waals surface area contributed by atoms with Gasteiger partial charge < -0.3 is 10.2 Å². The maximum absolute atomic E-state index is 9.55. The molecular formula is C17H16N2O4. The summed E-state index contributed by atoms with van der Waals surface area (Å²) in [6.07, 6.45) is 1.12. The first-order chi connectivity index (χ1) is 10.8. The van der Waals surface area contributed by atoms with Crippen LogP contribution >= 0.6 is 0 Å². The number of amidine groups is 1. The second-order valence-electron chi connectivity index (χ2n) is 5.11. The highest BCUT2D eigenvalue weighted by atomic mass is 16.4. The second-order valence-corrected chi connectivity index (χ2v) is 5.11. The number of aryl methyl sites for hydroxylation is 1. The van der Waals surface area contributed by atoms with Gasteiger partial charge in [-0.1, -0.05) is 18.2 Å². The van der Waals surface area contributed by atoms with Crippen LogP contribution in [0.15, 0.2) is 51.6 Å². The van der Waals surface area contributed by atoms with Crippen LogP contribution in [0.3, 0.4) is 0 Å². The van der Waals surface area contributed by atoms with Gasteiger partial charge in [0.05, 0.1) is 5.36 Å². The zero-order valence-corrected chi connectivity index (χ0v) is 13.0. The molecule has 23 heavy (non-hydrogen) atoms. The zero-order chi connectivity index (χ0) is 17.1. The molecule has 1 aromatic carbocycles. The van der Waals surface area contributed by atoms with Crippen LogP contribution in [-0.2, 0) is 9.59 Å². The molecule has 6 heteroatoms. The summed E-state index contributed by atoms with van der Waals surface area (Å²) in [7, 11) is 0. The molecule has 0 aliphatic carbocycles. The van der Waals surface area contributed by atoms with Crippen molar-refractivity contribution < 1.29 is 19.8 Å². The third-order valence-corrected chi connectivity index (χ3v) is 3.51. The van der Waals surface area contributed by atoms with Crippen LogP contribution in [0.5, 0.6) is 0 Å². The maximum atomic E-state index is 9.55. The normalized spacial score (nSPS) is 14.7. The topological polar surface area (TPSA) is 99.3 Å². The zero-order valence-electron chi connectivity index (χ0n) is 13.0. The van der Waals surface area contributed by atoms with Gasteiger partial charge in [0, 0.05) is 28.6 Å². The van der Waals surface area contributed by atoms with Gasteiger partial charge in [-0.2, -0.15) is 0 Å². The predicted molar refractivity (Wildman–Crippen MR) is 85.6 cm³/mol. The van der Waals surface area contributed by atoms with E-state index in [1.807, 2.05) is 6.92 Å². The lowest BCUT2D eigenvalue weighted by molar-refractivity contribution is -0.134. The number of aliphatic carboxylic acids is 2. The quantitative estimate of drug-likeness (QED) is 0.801. The van der Waals surface area contributed by atoms with E-state index in [1.165, 1.54) is 21.9 Å². The van der Waals surface area contributed by atoms with E-state index in [2.05, 4.69) is 42.0 Å². The number of para-hydroxylation sites is 1. The van der Waals surface area contributed by atoms with Crippen molar-refractivity contribution in [2.75, 3.05) is 0 Å². The Hall–Kier alpha value is -3.02. The van der Waals surface area contributed by atoms with Crippen molar-refractivity contribution in [3.63, 3.8) is 0 Å². The van der Waals surface area contributed by atoms with Crippen molar-refractivity contribution in [2.24, 2.45) is 9.98 Å². The van der Waals surface area contributed by atoms with Gasteiger partial charge in [0.25, 0.3) is 0 Å². The van der Waals surface area contributed by atoms with Gasteiger partial charge >= 0.3 is 11.9 Å². The van der Waals surface area contributed by atoms with Gasteiger partial charge in [0.2, 0.25) is 0 Å². The van der Waals surface area contributed by atoms with Crippen LogP contribution in [0.1, 0.15) is 19.4 Å². The first-order valence-electron chi connectivity index (χ1n) is 6.90. The molecule has 0 saturated carbocycles. The van der Waals surface area contributed by atoms with Gasteiger partial charge in [0.1, 0.15) is 0 Å². The number of nitrogens with zero attached hydrogens (tertiary/aromatic N) is 2. The minimum Gasteiger partial charge on any atom is -0.478 e.